The lowest BCUT2D eigenvalue weighted by molar-refractivity contribution is -0.118. The molecular weight excluding hydrogens is 299 g/mol. The van der Waals surface area contributed by atoms with Crippen molar-refractivity contribution < 1.29 is 9.18 Å². The van der Waals surface area contributed by atoms with Crippen LogP contribution in [0, 0.1) is 11.7 Å². The monoisotopic (exact) mass is 324 g/mol. The summed E-state index contributed by atoms with van der Waals surface area (Å²) in [4.78, 5) is 15.3. The van der Waals surface area contributed by atoms with E-state index in [2.05, 4.69) is 24.1 Å². The summed E-state index contributed by atoms with van der Waals surface area (Å²) in [7, 11) is 0. The molecule has 0 aliphatic carbocycles. The largest absolute Gasteiger partial charge is 0.355 e. The molecule has 1 fully saturated rings. The van der Waals surface area contributed by atoms with Crippen LogP contribution in [0.1, 0.15) is 26.7 Å². The molecule has 1 heterocycles. The Morgan fingerprint density at radius 3 is 2.55 bits per heavy atom. The van der Waals surface area contributed by atoms with Crippen molar-refractivity contribution in [3.05, 3.63) is 30.1 Å². The molecule has 0 spiro atoms. The number of halogens is 1. The van der Waals surface area contributed by atoms with Gasteiger partial charge < -0.3 is 10.2 Å². The Kier molecular flexibility index (Phi) is 6.70. The van der Waals surface area contributed by atoms with Crippen LogP contribution in [0.5, 0.6) is 0 Å². The van der Waals surface area contributed by atoms with Gasteiger partial charge in [-0.05, 0) is 70.0 Å². The number of carbonyl (C=O) groups excluding carboxylic acids is 1. The average Bonchev–Trinajstić information content (AvgIpc) is 2.52. The first-order valence-corrected chi connectivity index (χ1v) is 8.92. The lowest BCUT2D eigenvalue weighted by Crippen LogP contribution is -2.41. The van der Waals surface area contributed by atoms with Crippen molar-refractivity contribution in [2.24, 2.45) is 5.92 Å². The molecule has 0 saturated carbocycles. The van der Waals surface area contributed by atoms with Crippen molar-refractivity contribution in [2.75, 3.05) is 25.4 Å². The molecule has 1 aliphatic heterocycles. The number of carbonyl (C=O) groups is 1. The third-order valence-electron chi connectivity index (χ3n) is 4.15. The predicted octanol–water partition coefficient (Wildman–Crippen LogP) is 3.15. The summed E-state index contributed by atoms with van der Waals surface area (Å²) in [5.74, 6) is 0.785. The lowest BCUT2D eigenvalue weighted by Gasteiger charge is -2.34. The van der Waals surface area contributed by atoms with Gasteiger partial charge in [0.15, 0.2) is 0 Å². The minimum Gasteiger partial charge on any atom is -0.355 e. The van der Waals surface area contributed by atoms with E-state index < -0.39 is 0 Å². The van der Waals surface area contributed by atoms with Crippen LogP contribution in [0.4, 0.5) is 4.39 Å². The third-order valence-corrected chi connectivity index (χ3v) is 5.16. The van der Waals surface area contributed by atoms with Crippen molar-refractivity contribution in [1.29, 1.82) is 0 Å². The van der Waals surface area contributed by atoms with Gasteiger partial charge in [-0.15, -0.1) is 11.8 Å². The fraction of sp³-hybridized carbons (Fsp3) is 0.588. The zero-order chi connectivity index (χ0) is 15.9. The van der Waals surface area contributed by atoms with Crippen molar-refractivity contribution in [3.63, 3.8) is 0 Å². The third kappa shape index (κ3) is 5.61. The van der Waals surface area contributed by atoms with Crippen molar-refractivity contribution >= 4 is 17.7 Å². The molecule has 0 unspecified atom stereocenters. The van der Waals surface area contributed by atoms with Crippen LogP contribution in [0.15, 0.2) is 29.2 Å². The quantitative estimate of drug-likeness (QED) is 0.816. The number of rotatable bonds is 6. The van der Waals surface area contributed by atoms with E-state index in [0.29, 0.717) is 17.7 Å². The summed E-state index contributed by atoms with van der Waals surface area (Å²) in [5.41, 5.74) is 0. The highest BCUT2D eigenvalue weighted by Crippen LogP contribution is 2.19. The minimum atomic E-state index is -0.249. The van der Waals surface area contributed by atoms with Crippen LogP contribution in [-0.4, -0.2) is 42.2 Å². The molecule has 1 aromatic carbocycles. The molecule has 0 bridgehead atoms. The second-order valence-corrected chi connectivity index (χ2v) is 7.17. The van der Waals surface area contributed by atoms with Gasteiger partial charge >= 0.3 is 0 Å². The fourth-order valence-electron chi connectivity index (χ4n) is 2.66. The summed E-state index contributed by atoms with van der Waals surface area (Å²) in [6, 6.07) is 6.86. The molecule has 1 aromatic rings. The van der Waals surface area contributed by atoms with Gasteiger partial charge in [0, 0.05) is 17.5 Å². The van der Waals surface area contributed by atoms with Gasteiger partial charge in [0.1, 0.15) is 5.82 Å². The fourth-order valence-corrected chi connectivity index (χ4v) is 3.39. The Balaban J connectivity index is 1.63. The van der Waals surface area contributed by atoms with Gasteiger partial charge in [0.25, 0.3) is 0 Å². The van der Waals surface area contributed by atoms with E-state index in [9.17, 15) is 9.18 Å². The van der Waals surface area contributed by atoms with Gasteiger partial charge in [-0.2, -0.15) is 0 Å². The van der Waals surface area contributed by atoms with Gasteiger partial charge in [0.2, 0.25) is 5.91 Å². The maximum Gasteiger partial charge on any atom is 0.230 e. The number of piperidine rings is 1. The predicted molar refractivity (Wildman–Crippen MR) is 89.6 cm³/mol. The van der Waals surface area contributed by atoms with Gasteiger partial charge in [-0.1, -0.05) is 0 Å². The molecular formula is C17H25FN2OS. The Morgan fingerprint density at radius 1 is 1.32 bits per heavy atom. The number of nitrogens with one attached hydrogen (secondary N) is 1. The summed E-state index contributed by atoms with van der Waals surface area (Å²) in [6.45, 7) is 7.49. The molecule has 0 radical (unpaired) electrons. The van der Waals surface area contributed by atoms with E-state index in [1.54, 1.807) is 12.1 Å². The van der Waals surface area contributed by atoms with E-state index in [1.165, 1.54) is 23.9 Å². The molecule has 2 rings (SSSR count). The highest BCUT2D eigenvalue weighted by atomic mass is 32.2. The number of amides is 1. The van der Waals surface area contributed by atoms with Crippen LogP contribution in [0.2, 0.25) is 0 Å². The highest BCUT2D eigenvalue weighted by molar-refractivity contribution is 8.00. The Labute approximate surface area is 136 Å². The molecule has 0 atom stereocenters. The number of likely N-dealkylation sites (tertiary alicyclic amines) is 1. The second kappa shape index (κ2) is 8.53. The Hall–Kier alpha value is -1.07. The Bertz CT molecular complexity index is 470. The second-order valence-electron chi connectivity index (χ2n) is 6.12. The first-order valence-electron chi connectivity index (χ1n) is 7.93. The van der Waals surface area contributed by atoms with Crippen LogP contribution >= 0.6 is 11.8 Å². The zero-order valence-corrected chi connectivity index (χ0v) is 14.2. The molecule has 1 amide bonds. The van der Waals surface area contributed by atoms with Crippen molar-refractivity contribution in [2.45, 2.75) is 37.6 Å². The van der Waals surface area contributed by atoms with Crippen molar-refractivity contribution in [3.8, 4) is 0 Å². The molecule has 1 saturated heterocycles. The molecule has 1 aliphatic rings. The van der Waals surface area contributed by atoms with Crippen LogP contribution in [-0.2, 0) is 4.79 Å². The molecule has 3 nitrogen and oxygen atoms in total. The summed E-state index contributed by atoms with van der Waals surface area (Å²) >= 11 is 1.44. The maximum atomic E-state index is 12.8. The van der Waals surface area contributed by atoms with E-state index in [-0.39, 0.29) is 11.7 Å². The van der Waals surface area contributed by atoms with Crippen molar-refractivity contribution in [1.82, 2.24) is 10.2 Å². The van der Waals surface area contributed by atoms with Crippen LogP contribution < -0.4 is 5.32 Å². The van der Waals surface area contributed by atoms with Gasteiger partial charge in [0.05, 0.1) is 5.75 Å². The SMILES string of the molecule is CC(C)N1CCC(CNC(=O)CSc2ccc(F)cc2)CC1. The maximum absolute atomic E-state index is 12.8. The number of hydrogen-bond acceptors (Lipinski definition) is 3. The van der Waals surface area contributed by atoms with E-state index in [4.69, 9.17) is 0 Å². The first-order chi connectivity index (χ1) is 10.5. The minimum absolute atomic E-state index is 0.0561. The molecule has 0 aromatic heterocycles. The number of benzene rings is 1. The first kappa shape index (κ1) is 17.3. The zero-order valence-electron chi connectivity index (χ0n) is 13.3. The molecule has 5 heteroatoms. The summed E-state index contributed by atoms with van der Waals surface area (Å²) in [5, 5.41) is 3.03. The summed E-state index contributed by atoms with van der Waals surface area (Å²) < 4.78 is 12.8. The number of nitrogens with zero attached hydrogens (tertiary/aromatic N) is 1. The topological polar surface area (TPSA) is 32.3 Å². The standard InChI is InChI=1S/C17H25FN2OS/c1-13(2)20-9-7-14(8-10-20)11-19-17(21)12-22-16-5-3-15(18)4-6-16/h3-6,13-14H,7-12H2,1-2H3,(H,19,21). The molecule has 22 heavy (non-hydrogen) atoms. The number of hydrogen-bond donors (Lipinski definition) is 1. The summed E-state index contributed by atoms with van der Waals surface area (Å²) in [6.07, 6.45) is 2.31. The highest BCUT2D eigenvalue weighted by Gasteiger charge is 2.20. The Morgan fingerprint density at radius 2 is 1.95 bits per heavy atom. The van der Waals surface area contributed by atoms with Gasteiger partial charge in [-0.3, -0.25) is 4.79 Å². The van der Waals surface area contributed by atoms with Crippen LogP contribution in [0.25, 0.3) is 0 Å². The average molecular weight is 324 g/mol. The smallest absolute Gasteiger partial charge is 0.230 e. The normalized spacial score (nSPS) is 16.9. The van der Waals surface area contributed by atoms with Crippen LogP contribution in [0.3, 0.4) is 0 Å². The molecule has 1 N–H and O–H groups in total. The van der Waals surface area contributed by atoms with E-state index in [0.717, 1.165) is 37.4 Å². The van der Waals surface area contributed by atoms with E-state index >= 15 is 0 Å². The van der Waals surface area contributed by atoms with Gasteiger partial charge in [-0.25, -0.2) is 4.39 Å². The number of thioether (sulfide) groups is 1. The molecule has 122 valence electrons. The van der Waals surface area contributed by atoms with E-state index in [1.807, 2.05) is 0 Å². The lowest BCUT2D eigenvalue weighted by atomic mass is 9.96.